The van der Waals surface area contributed by atoms with E-state index in [2.05, 4.69) is 65.4 Å². The summed E-state index contributed by atoms with van der Waals surface area (Å²) in [5.41, 5.74) is 3.58. The van der Waals surface area contributed by atoms with Gasteiger partial charge in [0.15, 0.2) is 0 Å². The predicted octanol–water partition coefficient (Wildman–Crippen LogP) is 5.69. The standard InChI is InChI=1S/C24H31NO5S.C13H13NO3S.C10H18INO2.CH2F.CH2O3.2Cs/c1-15-20(25-22(29-15)17-7-9-18(10-8-17)23(27)28-5)14-31-19-11-6-16(12-19)13-21(26)30-24(2,3)4;1-8-11(7-18)14-12(17-8)9-3-5-10(6-4-9)13(15)16-2;1-10(2,3)14-9(13)12-8-5-4-7(11)6-8;1-2;2-1-4-3;;/h7-10,16,19H,6,11-14H2,1-5H3;3-6,18H,7H2,1-2H3;7-8H,4-6H2,1-3H3,(H,12,13);1H2;1,3H;;/q;;;-1;;2*+1/t16-,19+;;7-,8-;;;;/m0.0..../s1/i/hD. The third kappa shape index (κ3) is 27.4. The second-order valence-corrected chi connectivity index (χ2v) is 21.1. The fourth-order valence-corrected chi connectivity index (χ4v) is 9.47. The van der Waals surface area contributed by atoms with Crippen molar-refractivity contribution in [2.45, 2.75) is 138 Å². The summed E-state index contributed by atoms with van der Waals surface area (Å²) in [6.45, 7) is 15.1. The summed E-state index contributed by atoms with van der Waals surface area (Å²) in [7, 11) is 4.47. The van der Waals surface area contributed by atoms with Crippen LogP contribution in [-0.2, 0) is 44.9 Å². The summed E-state index contributed by atoms with van der Waals surface area (Å²) in [5, 5.41) is 6.49. The van der Waals surface area contributed by atoms with Crippen LogP contribution in [0.5, 0.6) is 0 Å². The summed E-state index contributed by atoms with van der Waals surface area (Å²) in [6.07, 6.45) is 6.76. The minimum absolute atomic E-state index is 0. The second kappa shape index (κ2) is 36.5. The molecule has 2 aliphatic rings. The van der Waals surface area contributed by atoms with Gasteiger partial charge in [-0.1, -0.05) is 22.6 Å². The number of benzene rings is 2. The van der Waals surface area contributed by atoms with E-state index in [-0.39, 0.29) is 168 Å². The van der Waals surface area contributed by atoms with Gasteiger partial charge in [0.1, 0.15) is 22.7 Å². The molecule has 2 aliphatic carbocycles. The molecule has 2 N–H and O–H groups in total. The molecule has 0 aliphatic heterocycles. The maximum Gasteiger partial charge on any atom is 1.00 e. The van der Waals surface area contributed by atoms with Crippen molar-refractivity contribution in [1.29, 1.82) is 1.43 Å². The summed E-state index contributed by atoms with van der Waals surface area (Å²) >= 11 is 8.49. The first-order valence-electron chi connectivity index (χ1n) is 22.4. The molecule has 2 saturated carbocycles. The van der Waals surface area contributed by atoms with Crippen LogP contribution in [0.15, 0.2) is 57.4 Å². The maximum absolute atomic E-state index is 12.1. The Morgan fingerprint density at radius 2 is 1.32 bits per heavy atom. The second-order valence-electron chi connectivity index (χ2n) is 17.7. The van der Waals surface area contributed by atoms with Gasteiger partial charge in [-0.2, -0.15) is 31.6 Å². The molecule has 71 heavy (non-hydrogen) atoms. The Morgan fingerprint density at radius 3 is 1.72 bits per heavy atom. The topological polar surface area (TPSA) is 216 Å². The van der Waals surface area contributed by atoms with Crippen LogP contribution in [0, 0.1) is 26.9 Å². The number of oxazole rings is 2. The molecule has 2 heterocycles. The molecule has 0 radical (unpaired) electrons. The van der Waals surface area contributed by atoms with Gasteiger partial charge in [-0.15, -0.1) is 0 Å². The average Bonchev–Trinajstić information content (AvgIpc) is 4.12. The number of ether oxygens (including phenoxy) is 4. The maximum atomic E-state index is 12.1. The van der Waals surface area contributed by atoms with Crippen molar-refractivity contribution in [1.82, 2.24) is 15.3 Å². The van der Waals surface area contributed by atoms with E-state index < -0.39 is 11.2 Å². The monoisotopic (exact) mass is 1380 g/mol. The Morgan fingerprint density at radius 1 is 0.831 bits per heavy atom. The van der Waals surface area contributed by atoms with Crippen LogP contribution in [0.25, 0.3) is 24.3 Å². The average molecular weight is 1380 g/mol. The number of nitrogens with one attached hydrogen (secondary N) is 1. The van der Waals surface area contributed by atoms with E-state index in [1.54, 1.807) is 43.6 Å². The molecule has 0 unspecified atom stereocenters. The van der Waals surface area contributed by atoms with E-state index in [0.717, 1.165) is 71.9 Å². The molecule has 4 aromatic rings. The minimum Gasteiger partial charge on any atom is -0.465 e. The number of hydrogen-bond donors (Lipinski definition) is 3. The summed E-state index contributed by atoms with van der Waals surface area (Å²) in [4.78, 5) is 67.6. The van der Waals surface area contributed by atoms with Crippen molar-refractivity contribution < 1.29 is 204 Å². The van der Waals surface area contributed by atoms with Gasteiger partial charge < -0.3 is 42.4 Å². The molecular weight excluding hydrogens is 1310 g/mol. The SMILES string of the molecule is CC(C)(C)OC(=O)N[C@H]1CC[C@H](I)C1.COC(=O)c1ccc(-c2nc(CS)c(C)o2)cc1.COC(=O)c1ccc(-c2nc(CS[C@@H]3CC[C@H](CC(=O)OC(C)(C)C)C3)c(C)o2)cc1.[2H]OOC=O.[CH2-]F.[Cs+].[Cs+]. The number of carbonyl (C=O) groups is 5. The first-order valence-corrected chi connectivity index (χ1v) is 24.9. The van der Waals surface area contributed by atoms with Crippen LogP contribution in [0.4, 0.5) is 9.18 Å². The van der Waals surface area contributed by atoms with E-state index in [4.69, 9.17) is 29.3 Å². The van der Waals surface area contributed by atoms with Crippen LogP contribution in [0.1, 0.15) is 130 Å². The number of esters is 3. The zero-order valence-electron chi connectivity index (χ0n) is 43.9. The van der Waals surface area contributed by atoms with Gasteiger partial charge in [0.25, 0.3) is 1.43 Å². The molecule has 2 aromatic heterocycles. The van der Waals surface area contributed by atoms with Gasteiger partial charge in [-0.05, 0) is 148 Å². The minimum atomic E-state index is -0.425. The first kappa shape index (κ1) is 68.4. The van der Waals surface area contributed by atoms with E-state index in [1.165, 1.54) is 20.6 Å². The number of methoxy groups -OCH3 is 2. The van der Waals surface area contributed by atoms with Crippen LogP contribution in [0.3, 0.4) is 0 Å². The fraction of sp³-hybridized carbons (Fsp3) is 0.510. The number of aryl methyl sites for hydroxylation is 2. The third-order valence-corrected chi connectivity index (χ3v) is 12.8. The van der Waals surface area contributed by atoms with Crippen molar-refractivity contribution >= 4 is 77.5 Å². The van der Waals surface area contributed by atoms with Crippen molar-refractivity contribution in [3.8, 4) is 22.9 Å². The summed E-state index contributed by atoms with van der Waals surface area (Å²) in [5.74, 6) is 3.55. The van der Waals surface area contributed by atoms with Crippen molar-refractivity contribution in [2.24, 2.45) is 5.92 Å². The smallest absolute Gasteiger partial charge is 0.465 e. The number of alkyl carbamates (subject to hydrolysis) is 1. The zero-order valence-corrected chi connectivity index (χ0v) is 59.3. The van der Waals surface area contributed by atoms with Gasteiger partial charge in [0.2, 0.25) is 11.8 Å². The first-order chi connectivity index (χ1) is 33.1. The fourth-order valence-electron chi connectivity index (χ4n) is 6.83. The molecule has 22 heteroatoms. The quantitative estimate of drug-likeness (QED) is 0.0169. The molecule has 382 valence electrons. The van der Waals surface area contributed by atoms with Crippen molar-refractivity contribution in [2.75, 3.05) is 14.2 Å². The largest absolute Gasteiger partial charge is 1.00 e. The van der Waals surface area contributed by atoms with Crippen molar-refractivity contribution in [3.63, 3.8) is 0 Å². The number of thioether (sulfide) groups is 1. The number of rotatable bonds is 13. The van der Waals surface area contributed by atoms with Gasteiger partial charge in [0, 0.05) is 44.3 Å². The van der Waals surface area contributed by atoms with E-state index in [9.17, 15) is 23.6 Å². The number of hydrogen-bond acceptors (Lipinski definition) is 17. The van der Waals surface area contributed by atoms with Crippen LogP contribution >= 0.6 is 47.0 Å². The van der Waals surface area contributed by atoms with Crippen LogP contribution in [-0.4, -0.2) is 86.3 Å². The molecule has 0 spiro atoms. The molecule has 1 amide bonds. The van der Waals surface area contributed by atoms with Crippen LogP contribution in [0.2, 0.25) is 0 Å². The number of aromatic nitrogens is 2. The summed E-state index contributed by atoms with van der Waals surface area (Å²) < 4.78 is 47.0. The van der Waals surface area contributed by atoms with E-state index >= 15 is 0 Å². The predicted molar refractivity (Wildman–Crippen MR) is 273 cm³/mol. The van der Waals surface area contributed by atoms with Gasteiger partial charge in [-0.25, -0.2) is 29.6 Å². The number of halogens is 2. The summed E-state index contributed by atoms with van der Waals surface area (Å²) in [6, 6.07) is 14.3. The van der Waals surface area contributed by atoms with Crippen LogP contribution < -0.4 is 143 Å². The number of thiol groups is 1. The molecule has 2 fully saturated rings. The number of nitrogens with zero attached hydrogens (tertiary/aromatic N) is 2. The molecule has 0 saturated heterocycles. The van der Waals surface area contributed by atoms with E-state index in [1.807, 2.05) is 79.3 Å². The number of carbonyl (C=O) groups excluding carboxylic acids is 5. The number of alkyl halides is 1. The Bertz CT molecular complexity index is 2250. The molecule has 2 aromatic carbocycles. The normalized spacial score (nSPS) is 16.8. The Hall–Kier alpha value is -0.566. The van der Waals surface area contributed by atoms with Gasteiger partial charge in [-0.3, -0.25) is 9.59 Å². The number of amides is 1. The molecule has 0 bridgehead atoms. The molecular formula is C49H66Cs2FIN3O13S2+. The van der Waals surface area contributed by atoms with E-state index in [0.29, 0.717) is 56.2 Å². The Labute approximate surface area is 559 Å². The van der Waals surface area contributed by atoms with Gasteiger partial charge >= 0.3 is 168 Å². The van der Waals surface area contributed by atoms with Gasteiger partial charge in [0.05, 0.1) is 36.7 Å². The molecule has 4 atom stereocenters. The zero-order chi connectivity index (χ0) is 52.6. The Kier molecular flexibility index (Phi) is 35.2. The Balaban J connectivity index is 0.00000105. The third-order valence-electron chi connectivity index (χ3n) is 9.99. The van der Waals surface area contributed by atoms with Crippen molar-refractivity contribution in [3.05, 3.63) is 89.7 Å². The molecule has 6 rings (SSSR count). The molecule has 16 nitrogen and oxygen atoms in total.